The highest BCUT2D eigenvalue weighted by molar-refractivity contribution is 5.88. The van der Waals surface area contributed by atoms with Gasteiger partial charge in [-0.05, 0) is 48.9 Å². The molecule has 0 radical (unpaired) electrons. The van der Waals surface area contributed by atoms with Crippen molar-refractivity contribution in [3.05, 3.63) is 59.7 Å². The van der Waals surface area contributed by atoms with E-state index in [2.05, 4.69) is 17.6 Å². The number of benzene rings is 2. The largest absolute Gasteiger partial charge is 0.493 e. The minimum atomic E-state index is -0.342. The number of hydrogen-bond acceptors (Lipinski definition) is 5. The maximum absolute atomic E-state index is 12.6. The van der Waals surface area contributed by atoms with E-state index in [1.54, 1.807) is 7.11 Å². The Bertz CT molecular complexity index is 787. The zero-order valence-corrected chi connectivity index (χ0v) is 15.7. The van der Waals surface area contributed by atoms with E-state index < -0.39 is 0 Å². The molecule has 27 heavy (non-hydrogen) atoms. The van der Waals surface area contributed by atoms with Crippen LogP contribution >= 0.6 is 0 Å². The van der Waals surface area contributed by atoms with Gasteiger partial charge < -0.3 is 9.47 Å². The fraction of sp³-hybridized carbons (Fsp3) is 0.409. The Labute approximate surface area is 160 Å². The average Bonchev–Trinajstić information content (AvgIpc) is 3.32. The molecular weight excluding hydrogens is 340 g/mol. The highest BCUT2D eigenvalue weighted by atomic mass is 16.5. The lowest BCUT2D eigenvalue weighted by molar-refractivity contribution is -0.118. The Morgan fingerprint density at radius 2 is 1.85 bits per heavy atom. The van der Waals surface area contributed by atoms with Crippen molar-refractivity contribution >= 4 is 5.78 Å². The lowest BCUT2D eigenvalue weighted by Crippen LogP contribution is -2.31. The van der Waals surface area contributed by atoms with Gasteiger partial charge >= 0.3 is 0 Å². The fourth-order valence-electron chi connectivity index (χ4n) is 3.90. The smallest absolute Gasteiger partial charge is 0.170 e. The van der Waals surface area contributed by atoms with Gasteiger partial charge in [-0.2, -0.15) is 0 Å². The van der Waals surface area contributed by atoms with Crippen molar-refractivity contribution in [1.82, 2.24) is 10.4 Å². The van der Waals surface area contributed by atoms with E-state index in [0.29, 0.717) is 13.1 Å². The van der Waals surface area contributed by atoms with E-state index >= 15 is 0 Å². The summed E-state index contributed by atoms with van der Waals surface area (Å²) in [7, 11) is 1.65. The predicted octanol–water partition coefficient (Wildman–Crippen LogP) is 3.65. The zero-order chi connectivity index (χ0) is 18.6. The molecule has 1 saturated heterocycles. The summed E-state index contributed by atoms with van der Waals surface area (Å²) in [5.74, 6) is 1.62. The number of ketones is 1. The van der Waals surface area contributed by atoms with E-state index in [1.165, 1.54) is 18.4 Å². The molecule has 1 aliphatic carbocycles. The van der Waals surface area contributed by atoms with E-state index in [4.69, 9.17) is 9.47 Å². The first-order chi connectivity index (χ1) is 13.2. The van der Waals surface area contributed by atoms with Crippen LogP contribution in [0.15, 0.2) is 48.5 Å². The molecule has 142 valence electrons. The molecule has 2 aromatic rings. The highest BCUT2D eigenvalue weighted by Crippen LogP contribution is 2.35. The molecule has 0 amide bonds. The maximum Gasteiger partial charge on any atom is 0.170 e. The fourth-order valence-corrected chi connectivity index (χ4v) is 3.90. The van der Waals surface area contributed by atoms with Gasteiger partial charge in [0.1, 0.15) is 6.04 Å². The lowest BCUT2D eigenvalue weighted by Gasteiger charge is -2.19. The summed E-state index contributed by atoms with van der Waals surface area (Å²) in [6.45, 7) is 1.09. The Morgan fingerprint density at radius 1 is 1.07 bits per heavy atom. The molecule has 1 saturated carbocycles. The van der Waals surface area contributed by atoms with Crippen molar-refractivity contribution in [2.75, 3.05) is 13.7 Å². The second kappa shape index (κ2) is 8.11. The van der Waals surface area contributed by atoms with Crippen molar-refractivity contribution in [2.24, 2.45) is 0 Å². The van der Waals surface area contributed by atoms with Crippen LogP contribution in [-0.4, -0.2) is 30.6 Å². The van der Waals surface area contributed by atoms with Gasteiger partial charge in [0.05, 0.1) is 19.8 Å². The third kappa shape index (κ3) is 4.15. The Hall–Kier alpha value is -2.37. The first kappa shape index (κ1) is 18.0. The van der Waals surface area contributed by atoms with Crippen LogP contribution in [-0.2, 0) is 11.3 Å². The molecule has 1 aliphatic heterocycles. The molecule has 1 heterocycles. The molecule has 1 atom stereocenters. The standard InChI is InChI=1S/C22H26N2O3/c1-26-20-12-11-17(13-21(20)27-18-9-5-6-10-18)22-19(25)15-24(23-22)14-16-7-3-2-4-8-16/h2-4,7-8,11-13,18,22-23H,5-6,9-10,14-15H2,1H3. The van der Waals surface area contributed by atoms with Gasteiger partial charge in [0.15, 0.2) is 17.3 Å². The van der Waals surface area contributed by atoms with Gasteiger partial charge in [0, 0.05) is 6.54 Å². The number of hydrazine groups is 1. The van der Waals surface area contributed by atoms with Crippen LogP contribution in [0.3, 0.4) is 0 Å². The van der Waals surface area contributed by atoms with Crippen molar-refractivity contribution < 1.29 is 14.3 Å². The first-order valence-electron chi connectivity index (χ1n) is 9.65. The van der Waals surface area contributed by atoms with Crippen molar-refractivity contribution in [1.29, 1.82) is 0 Å². The van der Waals surface area contributed by atoms with Crippen LogP contribution < -0.4 is 14.9 Å². The number of methoxy groups -OCH3 is 1. The average molecular weight is 366 g/mol. The molecule has 4 rings (SSSR count). The Kier molecular flexibility index (Phi) is 5.41. The van der Waals surface area contributed by atoms with E-state index in [1.807, 2.05) is 41.4 Å². The number of nitrogens with zero attached hydrogens (tertiary/aromatic N) is 1. The summed E-state index contributed by atoms with van der Waals surface area (Å²) in [6.07, 6.45) is 4.83. The van der Waals surface area contributed by atoms with Crippen molar-refractivity contribution in [3.63, 3.8) is 0 Å². The van der Waals surface area contributed by atoms with Crippen LogP contribution in [0.25, 0.3) is 0 Å². The maximum atomic E-state index is 12.6. The SMILES string of the molecule is COc1ccc(C2NN(Cc3ccccc3)CC2=O)cc1OC1CCCC1. The number of ether oxygens (including phenoxy) is 2. The van der Waals surface area contributed by atoms with Gasteiger partial charge in [0.2, 0.25) is 0 Å². The number of carbonyl (C=O) groups excluding carboxylic acids is 1. The highest BCUT2D eigenvalue weighted by Gasteiger charge is 2.32. The predicted molar refractivity (Wildman–Crippen MR) is 104 cm³/mol. The molecular formula is C22H26N2O3. The molecule has 2 fully saturated rings. The topological polar surface area (TPSA) is 50.8 Å². The Balaban J connectivity index is 1.49. The molecule has 1 unspecified atom stereocenters. The van der Waals surface area contributed by atoms with Crippen molar-refractivity contribution in [2.45, 2.75) is 44.4 Å². The molecule has 0 spiro atoms. The third-order valence-corrected chi connectivity index (χ3v) is 5.31. The van der Waals surface area contributed by atoms with Gasteiger partial charge in [-0.25, -0.2) is 10.4 Å². The number of rotatable bonds is 6. The minimum absolute atomic E-state index is 0.169. The van der Waals surface area contributed by atoms with Gasteiger partial charge in [-0.1, -0.05) is 36.4 Å². The normalized spacial score (nSPS) is 20.9. The molecule has 0 aromatic heterocycles. The van der Waals surface area contributed by atoms with Gasteiger partial charge in [-0.3, -0.25) is 4.79 Å². The van der Waals surface area contributed by atoms with Crippen LogP contribution in [0.5, 0.6) is 11.5 Å². The summed E-state index contributed by atoms with van der Waals surface area (Å²) in [6, 6.07) is 15.6. The monoisotopic (exact) mass is 366 g/mol. The molecule has 5 heteroatoms. The zero-order valence-electron chi connectivity index (χ0n) is 15.7. The summed E-state index contributed by atoms with van der Waals surface area (Å²) in [5, 5.41) is 1.98. The second-order valence-electron chi connectivity index (χ2n) is 7.30. The van der Waals surface area contributed by atoms with E-state index in [-0.39, 0.29) is 17.9 Å². The Morgan fingerprint density at radius 3 is 2.59 bits per heavy atom. The third-order valence-electron chi connectivity index (χ3n) is 5.31. The number of hydrogen-bond donors (Lipinski definition) is 1. The second-order valence-corrected chi connectivity index (χ2v) is 7.30. The van der Waals surface area contributed by atoms with Crippen LogP contribution in [0.1, 0.15) is 42.9 Å². The summed E-state index contributed by atoms with van der Waals surface area (Å²) < 4.78 is 11.6. The summed E-state index contributed by atoms with van der Waals surface area (Å²) in [4.78, 5) is 12.6. The molecule has 0 bridgehead atoms. The van der Waals surface area contributed by atoms with Crippen LogP contribution in [0.4, 0.5) is 0 Å². The lowest BCUT2D eigenvalue weighted by atomic mass is 10.0. The first-order valence-corrected chi connectivity index (χ1v) is 9.65. The summed E-state index contributed by atoms with van der Waals surface area (Å²) in [5.41, 5.74) is 5.45. The van der Waals surface area contributed by atoms with Crippen LogP contribution in [0, 0.1) is 0 Å². The molecule has 2 aromatic carbocycles. The van der Waals surface area contributed by atoms with Crippen molar-refractivity contribution in [3.8, 4) is 11.5 Å². The van der Waals surface area contributed by atoms with Gasteiger partial charge in [0.25, 0.3) is 0 Å². The molecule has 2 aliphatic rings. The van der Waals surface area contributed by atoms with E-state index in [0.717, 1.165) is 29.9 Å². The minimum Gasteiger partial charge on any atom is -0.493 e. The van der Waals surface area contributed by atoms with Crippen LogP contribution in [0.2, 0.25) is 0 Å². The molecule has 5 nitrogen and oxygen atoms in total. The number of carbonyl (C=O) groups is 1. The van der Waals surface area contributed by atoms with E-state index in [9.17, 15) is 4.79 Å². The summed E-state index contributed by atoms with van der Waals surface area (Å²) >= 11 is 0. The molecule has 1 N–H and O–H groups in total. The quantitative estimate of drug-likeness (QED) is 0.846. The van der Waals surface area contributed by atoms with Gasteiger partial charge in [-0.15, -0.1) is 0 Å². The number of Topliss-reactive ketones (excluding diaryl/α,β-unsaturated/α-hetero) is 1. The number of nitrogens with one attached hydrogen (secondary N) is 1.